The van der Waals surface area contributed by atoms with E-state index < -0.39 is 0 Å². The van der Waals surface area contributed by atoms with Gasteiger partial charge in [0, 0.05) is 30.6 Å². The van der Waals surface area contributed by atoms with Crippen molar-refractivity contribution < 1.29 is 0 Å². The van der Waals surface area contributed by atoms with Crippen LogP contribution in [0.15, 0.2) is 28.5 Å². The molecule has 0 spiro atoms. The first kappa shape index (κ1) is 14.8. The van der Waals surface area contributed by atoms with Gasteiger partial charge in [-0.15, -0.1) is 0 Å². The van der Waals surface area contributed by atoms with Crippen molar-refractivity contribution >= 4 is 18.0 Å². The molecule has 0 saturated heterocycles. The molecule has 100 valence electrons. The van der Waals surface area contributed by atoms with Gasteiger partial charge >= 0.3 is 0 Å². The molecule has 0 atom stereocenters. The minimum absolute atomic E-state index is 0.257. The first-order chi connectivity index (χ1) is 8.99. The lowest BCUT2D eigenvalue weighted by Gasteiger charge is -2.09. The summed E-state index contributed by atoms with van der Waals surface area (Å²) in [7, 11) is 1.72. The zero-order chi connectivity index (χ0) is 14.4. The van der Waals surface area contributed by atoms with Gasteiger partial charge in [-0.3, -0.25) is 4.99 Å². The van der Waals surface area contributed by atoms with Crippen LogP contribution in [0.4, 0.5) is 0 Å². The van der Waals surface area contributed by atoms with Crippen molar-refractivity contribution in [2.45, 2.75) is 20.8 Å². The molecular weight excluding hydrogens is 238 g/mol. The summed E-state index contributed by atoms with van der Waals surface area (Å²) in [4.78, 5) is 16.9. The smallest absolute Gasteiger partial charge is 0.126 e. The maximum atomic E-state index is 5.45. The SMILES string of the molecule is C=C(N)/N=C\C(=C/C)c1nc(C)nc(C)c1/C=N\C. The number of rotatable bonds is 4. The van der Waals surface area contributed by atoms with Crippen LogP contribution in [0.25, 0.3) is 5.57 Å². The third kappa shape index (κ3) is 3.84. The third-order valence-corrected chi connectivity index (χ3v) is 2.46. The summed E-state index contributed by atoms with van der Waals surface area (Å²) in [6.07, 6.45) is 5.32. The van der Waals surface area contributed by atoms with E-state index in [9.17, 15) is 0 Å². The van der Waals surface area contributed by atoms with Crippen LogP contribution in [0, 0.1) is 13.8 Å². The van der Waals surface area contributed by atoms with Crippen LogP contribution < -0.4 is 5.73 Å². The van der Waals surface area contributed by atoms with E-state index in [1.54, 1.807) is 19.5 Å². The van der Waals surface area contributed by atoms with Crippen LogP contribution >= 0.6 is 0 Å². The molecule has 0 aromatic carbocycles. The van der Waals surface area contributed by atoms with Gasteiger partial charge in [0.05, 0.1) is 11.4 Å². The van der Waals surface area contributed by atoms with Crippen LogP contribution in [0.5, 0.6) is 0 Å². The molecule has 1 heterocycles. The standard InChI is InChI=1S/C14H19N5/c1-6-12(7-17-10(3)15)14-13(8-16-5)9(2)18-11(4)19-14/h6-8H,3,15H2,1-2,4-5H3/b12-6+,16-8-,17-7-. The summed E-state index contributed by atoms with van der Waals surface area (Å²) in [6, 6.07) is 0. The number of hydrogen-bond donors (Lipinski definition) is 1. The van der Waals surface area contributed by atoms with E-state index in [4.69, 9.17) is 5.73 Å². The molecule has 1 aromatic heterocycles. The van der Waals surface area contributed by atoms with Gasteiger partial charge in [-0.2, -0.15) is 0 Å². The molecule has 0 aliphatic rings. The largest absolute Gasteiger partial charge is 0.384 e. The van der Waals surface area contributed by atoms with Crippen molar-refractivity contribution in [3.8, 4) is 0 Å². The fraction of sp³-hybridized carbons (Fsp3) is 0.286. The van der Waals surface area contributed by atoms with Crippen molar-refractivity contribution in [3.63, 3.8) is 0 Å². The fourth-order valence-corrected chi connectivity index (χ4v) is 1.65. The normalized spacial score (nSPS) is 12.5. The van der Waals surface area contributed by atoms with Crippen LogP contribution in [-0.2, 0) is 0 Å². The predicted octanol–water partition coefficient (Wildman–Crippen LogP) is 2.05. The van der Waals surface area contributed by atoms with Gasteiger partial charge in [0.2, 0.25) is 0 Å². The van der Waals surface area contributed by atoms with Crippen molar-refractivity contribution in [2.24, 2.45) is 15.7 Å². The van der Waals surface area contributed by atoms with Crippen molar-refractivity contribution in [1.29, 1.82) is 0 Å². The molecule has 0 aliphatic carbocycles. The molecule has 0 saturated carbocycles. The highest BCUT2D eigenvalue weighted by atomic mass is 14.9. The van der Waals surface area contributed by atoms with E-state index in [0.717, 1.165) is 22.5 Å². The Labute approximate surface area is 113 Å². The number of hydrogen-bond acceptors (Lipinski definition) is 5. The minimum atomic E-state index is 0.257. The second-order valence-electron chi connectivity index (χ2n) is 4.00. The lowest BCUT2D eigenvalue weighted by Crippen LogP contribution is -2.06. The Morgan fingerprint density at radius 3 is 2.53 bits per heavy atom. The fourth-order valence-electron chi connectivity index (χ4n) is 1.65. The van der Waals surface area contributed by atoms with Gasteiger partial charge in [0.1, 0.15) is 11.6 Å². The van der Waals surface area contributed by atoms with Crippen LogP contribution in [0.3, 0.4) is 0 Å². The molecule has 2 N–H and O–H groups in total. The summed E-state index contributed by atoms with van der Waals surface area (Å²) < 4.78 is 0. The van der Waals surface area contributed by atoms with Gasteiger partial charge in [-0.1, -0.05) is 12.7 Å². The zero-order valence-corrected chi connectivity index (χ0v) is 11.8. The Morgan fingerprint density at radius 1 is 1.32 bits per heavy atom. The first-order valence-electron chi connectivity index (χ1n) is 5.92. The Kier molecular flexibility index (Phi) is 5.11. The molecule has 1 aromatic rings. The van der Waals surface area contributed by atoms with Crippen molar-refractivity contribution in [3.05, 3.63) is 41.3 Å². The number of aromatic nitrogens is 2. The van der Waals surface area contributed by atoms with E-state index in [-0.39, 0.29) is 5.82 Å². The van der Waals surface area contributed by atoms with Gasteiger partial charge in [0.15, 0.2) is 0 Å². The lowest BCUT2D eigenvalue weighted by molar-refractivity contribution is 0.994. The van der Waals surface area contributed by atoms with E-state index >= 15 is 0 Å². The highest BCUT2D eigenvalue weighted by Gasteiger charge is 2.11. The van der Waals surface area contributed by atoms with Crippen LogP contribution in [-0.4, -0.2) is 29.4 Å². The number of allylic oxidation sites excluding steroid dienone is 2. The highest BCUT2D eigenvalue weighted by molar-refractivity contribution is 6.11. The Hall–Kier alpha value is -2.30. The molecule has 0 aliphatic heterocycles. The maximum absolute atomic E-state index is 5.45. The average Bonchev–Trinajstić information content (AvgIpc) is 2.33. The molecule has 1 rings (SSSR count). The second kappa shape index (κ2) is 6.58. The molecule has 0 bridgehead atoms. The van der Waals surface area contributed by atoms with Crippen molar-refractivity contribution in [2.75, 3.05) is 7.05 Å². The number of nitrogens with zero attached hydrogens (tertiary/aromatic N) is 4. The summed E-state index contributed by atoms with van der Waals surface area (Å²) in [5, 5.41) is 0. The van der Waals surface area contributed by atoms with Gasteiger partial charge in [0.25, 0.3) is 0 Å². The summed E-state index contributed by atoms with van der Waals surface area (Å²) in [5.41, 5.74) is 8.87. The molecular formula is C14H19N5. The molecule has 0 unspecified atom stereocenters. The quantitative estimate of drug-likeness (QED) is 0.838. The Balaban J connectivity index is 3.42. The van der Waals surface area contributed by atoms with Crippen molar-refractivity contribution in [1.82, 2.24) is 9.97 Å². The van der Waals surface area contributed by atoms with E-state index in [2.05, 4.69) is 26.5 Å². The summed E-state index contributed by atoms with van der Waals surface area (Å²) in [6.45, 7) is 9.25. The topological polar surface area (TPSA) is 76.5 Å². The van der Waals surface area contributed by atoms with E-state index in [1.165, 1.54) is 0 Å². The number of nitrogens with two attached hydrogens (primary N) is 1. The molecule has 19 heavy (non-hydrogen) atoms. The highest BCUT2D eigenvalue weighted by Crippen LogP contribution is 2.17. The Morgan fingerprint density at radius 2 is 2.00 bits per heavy atom. The average molecular weight is 257 g/mol. The number of aliphatic imine (C=N–C) groups is 2. The first-order valence-corrected chi connectivity index (χ1v) is 5.92. The Bertz CT molecular complexity index is 567. The molecule has 0 radical (unpaired) electrons. The summed E-state index contributed by atoms with van der Waals surface area (Å²) >= 11 is 0. The summed E-state index contributed by atoms with van der Waals surface area (Å²) in [5.74, 6) is 0.965. The van der Waals surface area contributed by atoms with Gasteiger partial charge < -0.3 is 5.73 Å². The zero-order valence-electron chi connectivity index (χ0n) is 11.8. The molecule has 0 fully saturated rings. The van der Waals surface area contributed by atoms with E-state index in [0.29, 0.717) is 5.82 Å². The van der Waals surface area contributed by atoms with Gasteiger partial charge in [-0.25, -0.2) is 15.0 Å². The van der Waals surface area contributed by atoms with Crippen LogP contribution in [0.2, 0.25) is 0 Å². The lowest BCUT2D eigenvalue weighted by atomic mass is 10.1. The monoisotopic (exact) mass is 257 g/mol. The van der Waals surface area contributed by atoms with Crippen LogP contribution in [0.1, 0.15) is 29.7 Å². The van der Waals surface area contributed by atoms with Gasteiger partial charge in [-0.05, 0) is 20.8 Å². The minimum Gasteiger partial charge on any atom is -0.384 e. The maximum Gasteiger partial charge on any atom is 0.126 e. The third-order valence-electron chi connectivity index (χ3n) is 2.46. The van der Waals surface area contributed by atoms with E-state index in [1.807, 2.05) is 26.8 Å². The molecule has 5 heteroatoms. The molecule has 0 amide bonds. The second-order valence-corrected chi connectivity index (χ2v) is 4.00. The number of aryl methyl sites for hydroxylation is 2. The predicted molar refractivity (Wildman–Crippen MR) is 80.5 cm³/mol. The molecule has 5 nitrogen and oxygen atoms in total.